The lowest BCUT2D eigenvalue weighted by Crippen LogP contribution is -2.18. The molecule has 0 aliphatic rings. The van der Waals surface area contributed by atoms with Gasteiger partial charge in [-0.05, 0) is 67.4 Å². The molecule has 0 bridgehead atoms. The number of H-pyrrole nitrogens is 1. The van der Waals surface area contributed by atoms with Crippen LogP contribution in [-0.2, 0) is 0 Å². The summed E-state index contributed by atoms with van der Waals surface area (Å²) in [7, 11) is 0. The minimum Gasteiger partial charge on any atom is -0.490 e. The summed E-state index contributed by atoms with van der Waals surface area (Å²) in [5.74, 6) is -0.312. The molecule has 2 N–H and O–H groups in total. The molecule has 1 amide bonds. The topological polar surface area (TPSA) is 106 Å². The van der Waals surface area contributed by atoms with Gasteiger partial charge in [-0.1, -0.05) is 42.0 Å². The van der Waals surface area contributed by atoms with E-state index in [0.29, 0.717) is 23.6 Å². The summed E-state index contributed by atoms with van der Waals surface area (Å²) in [6.07, 6.45) is 2.89. The van der Waals surface area contributed by atoms with Crippen molar-refractivity contribution in [3.63, 3.8) is 0 Å². The minimum absolute atomic E-state index is 0.0859. The van der Waals surface area contributed by atoms with Crippen LogP contribution in [0.5, 0.6) is 11.5 Å². The third-order valence-electron chi connectivity index (χ3n) is 5.82. The Morgan fingerprint density at radius 3 is 2.61 bits per heavy atom. The largest absolute Gasteiger partial charge is 0.490 e. The Kier molecular flexibility index (Phi) is 7.04. The number of aryl methyl sites for hydroxylation is 1. The van der Waals surface area contributed by atoms with E-state index in [0.717, 1.165) is 27.6 Å². The quantitative estimate of drug-likeness (QED) is 0.114. The molecular weight excluding hydrogens is 482 g/mol. The van der Waals surface area contributed by atoms with Gasteiger partial charge in [0.2, 0.25) is 5.76 Å². The van der Waals surface area contributed by atoms with Crippen molar-refractivity contribution in [1.29, 1.82) is 0 Å². The standard InChI is InChI=1S/C30H25N3O5/c1-3-36-26-17-20(12-14-24(26)38-30(35)25-10-7-15-37-25)18-31-33-29(34)28-27(21-8-5-4-6-9-21)22-16-19(2)11-13-23(22)32-28/h4-18,32H,3H2,1-2H3,(H,33,34). The smallest absolute Gasteiger partial charge is 0.379 e. The summed E-state index contributed by atoms with van der Waals surface area (Å²) in [5.41, 5.74) is 7.38. The van der Waals surface area contributed by atoms with Crippen molar-refractivity contribution >= 4 is 29.0 Å². The summed E-state index contributed by atoms with van der Waals surface area (Å²) >= 11 is 0. The van der Waals surface area contributed by atoms with E-state index in [9.17, 15) is 9.59 Å². The second-order valence-electron chi connectivity index (χ2n) is 8.50. The maximum absolute atomic E-state index is 13.2. The van der Waals surface area contributed by atoms with Gasteiger partial charge in [0, 0.05) is 16.5 Å². The average molecular weight is 508 g/mol. The van der Waals surface area contributed by atoms with Crippen LogP contribution >= 0.6 is 0 Å². The molecule has 0 atom stereocenters. The summed E-state index contributed by atoms with van der Waals surface area (Å²) in [4.78, 5) is 28.7. The zero-order valence-electron chi connectivity index (χ0n) is 20.9. The fourth-order valence-electron chi connectivity index (χ4n) is 4.10. The Labute approximate surface area is 218 Å². The molecule has 0 fully saturated rings. The summed E-state index contributed by atoms with van der Waals surface area (Å²) < 4.78 is 16.1. The van der Waals surface area contributed by atoms with Crippen molar-refractivity contribution in [3.05, 3.63) is 108 Å². The zero-order valence-corrected chi connectivity index (χ0v) is 20.9. The first-order valence-corrected chi connectivity index (χ1v) is 12.1. The van der Waals surface area contributed by atoms with E-state index in [2.05, 4.69) is 21.6 Å². The molecule has 5 aromatic rings. The van der Waals surface area contributed by atoms with Gasteiger partial charge < -0.3 is 18.9 Å². The van der Waals surface area contributed by atoms with Crippen molar-refractivity contribution < 1.29 is 23.5 Å². The SMILES string of the molecule is CCOc1cc(C=NNC(=O)c2[nH]c3ccc(C)cc3c2-c2ccccc2)ccc1OC(=O)c1ccco1. The molecule has 0 saturated heterocycles. The van der Waals surface area contributed by atoms with Crippen LogP contribution in [0.1, 0.15) is 39.1 Å². The molecule has 0 radical (unpaired) electrons. The highest BCUT2D eigenvalue weighted by Crippen LogP contribution is 2.33. The zero-order chi connectivity index (χ0) is 26.5. The number of ether oxygens (including phenoxy) is 2. The third-order valence-corrected chi connectivity index (χ3v) is 5.82. The second-order valence-corrected chi connectivity index (χ2v) is 8.50. The van der Waals surface area contributed by atoms with E-state index in [1.165, 1.54) is 18.5 Å². The number of carbonyl (C=O) groups excluding carboxylic acids is 2. The number of nitrogens with zero attached hydrogens (tertiary/aromatic N) is 1. The van der Waals surface area contributed by atoms with Crippen molar-refractivity contribution in [3.8, 4) is 22.6 Å². The Hall–Kier alpha value is -5.11. The Morgan fingerprint density at radius 1 is 1.00 bits per heavy atom. The third kappa shape index (κ3) is 5.19. The monoisotopic (exact) mass is 507 g/mol. The van der Waals surface area contributed by atoms with Crippen molar-refractivity contribution in [2.45, 2.75) is 13.8 Å². The molecule has 2 heterocycles. The fourth-order valence-corrected chi connectivity index (χ4v) is 4.10. The highest BCUT2D eigenvalue weighted by atomic mass is 16.6. The van der Waals surface area contributed by atoms with Gasteiger partial charge in [0.05, 0.1) is 19.1 Å². The van der Waals surface area contributed by atoms with Crippen LogP contribution in [0, 0.1) is 6.92 Å². The van der Waals surface area contributed by atoms with Crippen LogP contribution < -0.4 is 14.9 Å². The van der Waals surface area contributed by atoms with Crippen LogP contribution in [0.15, 0.2) is 94.6 Å². The normalized spacial score (nSPS) is 11.1. The van der Waals surface area contributed by atoms with E-state index >= 15 is 0 Å². The van der Waals surface area contributed by atoms with Crippen molar-refractivity contribution in [2.75, 3.05) is 6.61 Å². The van der Waals surface area contributed by atoms with Crippen molar-refractivity contribution in [1.82, 2.24) is 10.4 Å². The van der Waals surface area contributed by atoms with Gasteiger partial charge in [0.1, 0.15) is 5.69 Å². The predicted octanol–water partition coefficient (Wildman–Crippen LogP) is 6.12. The van der Waals surface area contributed by atoms with Gasteiger partial charge >= 0.3 is 5.97 Å². The Bertz CT molecular complexity index is 1620. The van der Waals surface area contributed by atoms with Crippen LogP contribution in [-0.4, -0.2) is 29.7 Å². The molecule has 0 saturated carbocycles. The lowest BCUT2D eigenvalue weighted by Gasteiger charge is -2.10. The van der Waals surface area contributed by atoms with Gasteiger partial charge in [-0.15, -0.1) is 0 Å². The molecule has 38 heavy (non-hydrogen) atoms. The van der Waals surface area contributed by atoms with Crippen molar-refractivity contribution in [2.24, 2.45) is 5.10 Å². The number of carbonyl (C=O) groups is 2. The summed E-state index contributed by atoms with van der Waals surface area (Å²) in [5, 5.41) is 5.11. The molecule has 0 spiro atoms. The average Bonchev–Trinajstić information content (AvgIpc) is 3.59. The second kappa shape index (κ2) is 10.9. The number of esters is 1. The van der Waals surface area contributed by atoms with Gasteiger partial charge in [-0.25, -0.2) is 10.2 Å². The first kappa shape index (κ1) is 24.6. The number of hydrogen-bond acceptors (Lipinski definition) is 6. The molecule has 8 heteroatoms. The first-order chi connectivity index (χ1) is 18.5. The highest BCUT2D eigenvalue weighted by molar-refractivity contribution is 6.10. The first-order valence-electron chi connectivity index (χ1n) is 12.1. The maximum Gasteiger partial charge on any atom is 0.379 e. The maximum atomic E-state index is 13.2. The van der Waals surface area contributed by atoms with Gasteiger partial charge in [-0.2, -0.15) is 5.10 Å². The number of aromatic amines is 1. The lowest BCUT2D eigenvalue weighted by atomic mass is 10.0. The number of hydrazone groups is 1. The molecular formula is C30H25N3O5. The van der Waals surface area contributed by atoms with E-state index in [1.54, 1.807) is 24.3 Å². The Balaban J connectivity index is 1.37. The van der Waals surface area contributed by atoms with E-state index in [4.69, 9.17) is 13.9 Å². The van der Waals surface area contributed by atoms with Crippen LogP contribution in [0.25, 0.3) is 22.0 Å². The van der Waals surface area contributed by atoms with E-state index in [-0.39, 0.29) is 17.4 Å². The predicted molar refractivity (Wildman–Crippen MR) is 145 cm³/mol. The van der Waals surface area contributed by atoms with E-state index < -0.39 is 5.97 Å². The van der Waals surface area contributed by atoms with Gasteiger partial charge in [-0.3, -0.25) is 4.79 Å². The van der Waals surface area contributed by atoms with Crippen LogP contribution in [0.3, 0.4) is 0 Å². The Morgan fingerprint density at radius 2 is 1.84 bits per heavy atom. The molecule has 190 valence electrons. The number of furan rings is 1. The molecule has 2 aromatic heterocycles. The molecule has 0 unspecified atom stereocenters. The number of rotatable bonds is 8. The molecule has 0 aliphatic carbocycles. The molecule has 5 rings (SSSR count). The highest BCUT2D eigenvalue weighted by Gasteiger charge is 2.19. The summed E-state index contributed by atoms with van der Waals surface area (Å²) in [6, 6.07) is 23.9. The lowest BCUT2D eigenvalue weighted by molar-refractivity contribution is 0.0695. The van der Waals surface area contributed by atoms with Crippen LogP contribution in [0.4, 0.5) is 0 Å². The fraction of sp³-hybridized carbons (Fsp3) is 0.100. The number of amides is 1. The van der Waals surface area contributed by atoms with Crippen LogP contribution in [0.2, 0.25) is 0 Å². The molecule has 0 aliphatic heterocycles. The summed E-state index contributed by atoms with van der Waals surface area (Å²) in [6.45, 7) is 4.21. The van der Waals surface area contributed by atoms with E-state index in [1.807, 2.05) is 56.3 Å². The number of fused-ring (bicyclic) bond motifs is 1. The molecule has 3 aromatic carbocycles. The number of aromatic nitrogens is 1. The number of hydrogen-bond donors (Lipinski definition) is 2. The van der Waals surface area contributed by atoms with Gasteiger partial charge in [0.25, 0.3) is 5.91 Å². The number of benzene rings is 3. The van der Waals surface area contributed by atoms with Gasteiger partial charge in [0.15, 0.2) is 11.5 Å². The molecule has 8 nitrogen and oxygen atoms in total. The number of nitrogens with one attached hydrogen (secondary N) is 2. The minimum atomic E-state index is -0.632.